The zero-order chi connectivity index (χ0) is 32.7. The molecule has 0 saturated heterocycles. The van der Waals surface area contributed by atoms with Crippen molar-refractivity contribution in [3.63, 3.8) is 0 Å². The van der Waals surface area contributed by atoms with Crippen molar-refractivity contribution in [2.45, 2.75) is 50.6 Å². The van der Waals surface area contributed by atoms with E-state index in [0.717, 1.165) is 39.0 Å². The number of fused-ring (bicyclic) bond motifs is 3. The first kappa shape index (κ1) is 33.1. The molecule has 7 nitrogen and oxygen atoms in total. The standard InChI is InChI=1S/C38H44N2O5Si/c1-27(24-38(2,3)46(44,28-14-6-4-7-15-28)29-16-8-5-9-17-29)22-23-39-36(42)35(25-41)40-37(43)45-26-34-32-20-12-10-18-30(32)31-19-11-13-21-33(31)34/h4-21,27,34-35,41,44H,22-26H2,1-3H3,(H,39,42)(H,40,43)/t27?,35-/m0/s1. The number of nitrogens with one attached hydrogen (secondary N) is 2. The zero-order valence-corrected chi connectivity index (χ0v) is 27.8. The van der Waals surface area contributed by atoms with Crippen LogP contribution in [0.2, 0.25) is 5.04 Å². The average molecular weight is 637 g/mol. The number of aliphatic hydroxyl groups is 1. The van der Waals surface area contributed by atoms with Gasteiger partial charge in [-0.15, -0.1) is 0 Å². The number of alkyl carbamates (subject to hydrolysis) is 1. The lowest BCUT2D eigenvalue weighted by molar-refractivity contribution is -0.124. The van der Waals surface area contributed by atoms with E-state index in [0.29, 0.717) is 13.0 Å². The Hall–Kier alpha value is -4.24. The fourth-order valence-electron chi connectivity index (χ4n) is 6.97. The smallest absolute Gasteiger partial charge is 0.407 e. The van der Waals surface area contributed by atoms with Gasteiger partial charge in [-0.2, -0.15) is 0 Å². The highest BCUT2D eigenvalue weighted by atomic mass is 28.4. The maximum absolute atomic E-state index is 12.9. The molecule has 4 aromatic rings. The predicted octanol–water partition coefficient (Wildman–Crippen LogP) is 4.95. The minimum atomic E-state index is -3.13. The number of benzene rings is 4. The van der Waals surface area contributed by atoms with Gasteiger partial charge >= 0.3 is 6.09 Å². The van der Waals surface area contributed by atoms with Gasteiger partial charge in [-0.25, -0.2) is 4.79 Å². The molecule has 0 radical (unpaired) electrons. The van der Waals surface area contributed by atoms with E-state index in [1.165, 1.54) is 0 Å². The molecule has 240 valence electrons. The lowest BCUT2D eigenvalue weighted by Crippen LogP contribution is -2.65. The van der Waals surface area contributed by atoms with Crippen LogP contribution in [0.25, 0.3) is 11.1 Å². The summed E-state index contributed by atoms with van der Waals surface area (Å²) in [6.07, 6.45) is 0.667. The van der Waals surface area contributed by atoms with E-state index in [1.807, 2.05) is 97.1 Å². The molecule has 46 heavy (non-hydrogen) atoms. The quantitative estimate of drug-likeness (QED) is 0.155. The largest absolute Gasteiger partial charge is 0.449 e. The van der Waals surface area contributed by atoms with E-state index in [1.54, 1.807) is 0 Å². The minimum absolute atomic E-state index is 0.102. The number of carbonyl (C=O) groups is 2. The van der Waals surface area contributed by atoms with Gasteiger partial charge in [-0.05, 0) is 56.4 Å². The van der Waals surface area contributed by atoms with Crippen molar-refractivity contribution in [1.29, 1.82) is 0 Å². The molecular weight excluding hydrogens is 593 g/mol. The summed E-state index contributed by atoms with van der Waals surface area (Å²) in [7, 11) is -3.13. The highest BCUT2D eigenvalue weighted by Crippen LogP contribution is 2.44. The molecule has 2 amide bonds. The van der Waals surface area contributed by atoms with Crippen molar-refractivity contribution in [2.24, 2.45) is 5.92 Å². The van der Waals surface area contributed by atoms with Crippen LogP contribution in [0, 0.1) is 5.92 Å². The summed E-state index contributed by atoms with van der Waals surface area (Å²) < 4.78 is 5.56. The van der Waals surface area contributed by atoms with Gasteiger partial charge in [0, 0.05) is 12.5 Å². The topological polar surface area (TPSA) is 108 Å². The lowest BCUT2D eigenvalue weighted by atomic mass is 9.95. The van der Waals surface area contributed by atoms with Crippen LogP contribution < -0.4 is 21.0 Å². The summed E-state index contributed by atoms with van der Waals surface area (Å²) in [5, 5.41) is 16.8. The van der Waals surface area contributed by atoms with Crippen LogP contribution in [0.3, 0.4) is 0 Å². The summed E-state index contributed by atoms with van der Waals surface area (Å²) in [4.78, 5) is 38.1. The number of rotatable bonds is 13. The summed E-state index contributed by atoms with van der Waals surface area (Å²) >= 11 is 0. The molecule has 0 heterocycles. The first-order valence-corrected chi connectivity index (χ1v) is 17.9. The van der Waals surface area contributed by atoms with Crippen molar-refractivity contribution < 1.29 is 24.2 Å². The average Bonchev–Trinajstić information content (AvgIpc) is 3.39. The van der Waals surface area contributed by atoms with Gasteiger partial charge in [0.25, 0.3) is 8.32 Å². The number of hydrogen-bond donors (Lipinski definition) is 4. The molecule has 5 rings (SSSR count). The van der Waals surface area contributed by atoms with Crippen molar-refractivity contribution in [3.8, 4) is 11.1 Å². The number of ether oxygens (including phenoxy) is 1. The van der Waals surface area contributed by atoms with Crippen LogP contribution in [0.15, 0.2) is 109 Å². The number of carbonyl (C=O) groups excluding carboxylic acids is 2. The second kappa shape index (κ2) is 14.5. The van der Waals surface area contributed by atoms with Crippen LogP contribution in [0.4, 0.5) is 4.79 Å². The molecule has 4 aromatic carbocycles. The molecule has 1 aliphatic carbocycles. The van der Waals surface area contributed by atoms with Gasteiger partial charge in [-0.1, -0.05) is 130 Å². The number of hydrogen-bond acceptors (Lipinski definition) is 5. The second-order valence-corrected chi connectivity index (χ2v) is 16.8. The Morgan fingerprint density at radius 1 is 0.826 bits per heavy atom. The van der Waals surface area contributed by atoms with Crippen molar-refractivity contribution in [3.05, 3.63) is 120 Å². The van der Waals surface area contributed by atoms with Crippen LogP contribution >= 0.6 is 0 Å². The minimum Gasteiger partial charge on any atom is -0.449 e. The van der Waals surface area contributed by atoms with Crippen molar-refractivity contribution in [1.82, 2.24) is 10.6 Å². The molecule has 1 aliphatic rings. The molecule has 4 N–H and O–H groups in total. The Morgan fingerprint density at radius 3 is 1.85 bits per heavy atom. The normalized spacial score (nSPS) is 14.1. The monoisotopic (exact) mass is 636 g/mol. The van der Waals surface area contributed by atoms with Crippen molar-refractivity contribution >= 4 is 30.7 Å². The lowest BCUT2D eigenvalue weighted by Gasteiger charge is -2.42. The van der Waals surface area contributed by atoms with E-state index in [2.05, 4.69) is 43.5 Å². The summed E-state index contributed by atoms with van der Waals surface area (Å²) in [6.45, 7) is 6.33. The van der Waals surface area contributed by atoms with Gasteiger partial charge in [0.05, 0.1) is 6.61 Å². The number of amides is 2. The Morgan fingerprint density at radius 2 is 1.33 bits per heavy atom. The third-order valence-corrected chi connectivity index (χ3v) is 13.8. The van der Waals surface area contributed by atoms with Gasteiger partial charge in [0.2, 0.25) is 5.91 Å². The van der Waals surface area contributed by atoms with Crippen molar-refractivity contribution in [2.75, 3.05) is 19.8 Å². The second-order valence-electron chi connectivity index (χ2n) is 12.9. The molecule has 0 saturated carbocycles. The Balaban J connectivity index is 1.13. The molecule has 0 aromatic heterocycles. The molecule has 2 atom stereocenters. The molecule has 0 fully saturated rings. The Kier molecular flexibility index (Phi) is 10.4. The Bertz CT molecular complexity index is 1540. The van der Waals surface area contributed by atoms with Gasteiger partial charge in [-0.3, -0.25) is 4.79 Å². The predicted molar refractivity (Wildman–Crippen MR) is 185 cm³/mol. The van der Waals surface area contributed by atoms with Crippen LogP contribution in [0.5, 0.6) is 0 Å². The first-order valence-electron chi connectivity index (χ1n) is 16.0. The summed E-state index contributed by atoms with van der Waals surface area (Å²) in [5.74, 6) is -0.388. The fraction of sp³-hybridized carbons (Fsp3) is 0.316. The first-order chi connectivity index (χ1) is 22.2. The van der Waals surface area contributed by atoms with Gasteiger partial charge < -0.3 is 25.3 Å². The maximum Gasteiger partial charge on any atom is 0.407 e. The van der Waals surface area contributed by atoms with Crippen LogP contribution in [-0.4, -0.2) is 56.0 Å². The molecule has 1 unspecified atom stereocenters. The van der Waals surface area contributed by atoms with E-state index in [-0.39, 0.29) is 18.4 Å². The zero-order valence-electron chi connectivity index (χ0n) is 26.8. The van der Waals surface area contributed by atoms with Gasteiger partial charge in [0.1, 0.15) is 12.6 Å². The van der Waals surface area contributed by atoms with E-state index < -0.39 is 38.0 Å². The van der Waals surface area contributed by atoms with E-state index >= 15 is 0 Å². The third kappa shape index (κ3) is 6.94. The highest BCUT2D eigenvalue weighted by Gasteiger charge is 2.50. The van der Waals surface area contributed by atoms with Gasteiger partial charge in [0.15, 0.2) is 0 Å². The fourth-order valence-corrected chi connectivity index (χ4v) is 10.9. The molecule has 0 aliphatic heterocycles. The molecule has 8 heteroatoms. The van der Waals surface area contributed by atoms with E-state index in [9.17, 15) is 19.5 Å². The molecule has 0 bridgehead atoms. The molecular formula is C38H44N2O5Si. The highest BCUT2D eigenvalue weighted by molar-refractivity contribution is 6.98. The van der Waals surface area contributed by atoms with E-state index in [4.69, 9.17) is 4.74 Å². The summed E-state index contributed by atoms with van der Waals surface area (Å²) in [6, 6.07) is 34.9. The third-order valence-electron chi connectivity index (χ3n) is 9.29. The number of aliphatic hydroxyl groups excluding tert-OH is 1. The van der Waals surface area contributed by atoms with Crippen LogP contribution in [-0.2, 0) is 9.53 Å². The summed E-state index contributed by atoms with van der Waals surface area (Å²) in [5.41, 5.74) is 4.45. The SMILES string of the molecule is CC(CCNC(=O)[C@H](CO)NC(=O)OCC1c2ccccc2-c2ccccc21)CC(C)(C)[Si](O)(c1ccccc1)c1ccccc1. The van der Waals surface area contributed by atoms with Crippen LogP contribution in [0.1, 0.15) is 50.7 Å². The Labute approximate surface area is 272 Å². The maximum atomic E-state index is 12.9. The molecule has 0 spiro atoms.